The number of hydrogen-bond donors (Lipinski definition) is 1. The molecule has 1 aromatic rings. The lowest BCUT2D eigenvalue weighted by molar-refractivity contribution is 0.377. The van der Waals surface area contributed by atoms with E-state index in [4.69, 9.17) is 4.98 Å². The van der Waals surface area contributed by atoms with Gasteiger partial charge in [0.15, 0.2) is 0 Å². The Balaban J connectivity index is 2.17. The fourth-order valence-electron chi connectivity index (χ4n) is 3.20. The van der Waals surface area contributed by atoms with E-state index in [2.05, 4.69) is 42.9 Å². The van der Waals surface area contributed by atoms with E-state index < -0.39 is 0 Å². The molecule has 0 amide bonds. The van der Waals surface area contributed by atoms with Gasteiger partial charge in [0, 0.05) is 31.6 Å². The molecule has 118 valence electrons. The van der Waals surface area contributed by atoms with Crippen molar-refractivity contribution >= 4 is 11.6 Å². The zero-order valence-electron chi connectivity index (χ0n) is 14.1. The van der Waals surface area contributed by atoms with E-state index in [0.717, 1.165) is 49.4 Å². The molecule has 1 aliphatic rings. The lowest BCUT2D eigenvalue weighted by Gasteiger charge is -2.34. The Labute approximate surface area is 129 Å². The molecule has 0 bridgehead atoms. The summed E-state index contributed by atoms with van der Waals surface area (Å²) in [5.74, 6) is 4.01. The van der Waals surface area contributed by atoms with Gasteiger partial charge in [-0.1, -0.05) is 26.7 Å². The average molecular weight is 290 g/mol. The first-order valence-corrected chi connectivity index (χ1v) is 8.55. The summed E-state index contributed by atoms with van der Waals surface area (Å²) >= 11 is 0. The van der Waals surface area contributed by atoms with Crippen molar-refractivity contribution in [2.45, 2.75) is 59.8 Å². The van der Waals surface area contributed by atoms with Crippen LogP contribution >= 0.6 is 0 Å². The van der Waals surface area contributed by atoms with Gasteiger partial charge in [0.1, 0.15) is 17.5 Å². The Kier molecular flexibility index (Phi) is 5.83. The summed E-state index contributed by atoms with van der Waals surface area (Å²) in [5, 5.41) is 3.38. The molecule has 4 heteroatoms. The number of aryl methyl sites for hydroxylation is 1. The van der Waals surface area contributed by atoms with E-state index in [-0.39, 0.29) is 0 Å². The molecule has 1 N–H and O–H groups in total. The van der Waals surface area contributed by atoms with E-state index in [9.17, 15) is 0 Å². The molecule has 0 radical (unpaired) electrons. The Morgan fingerprint density at radius 3 is 2.43 bits per heavy atom. The Bertz CT molecular complexity index is 450. The minimum Gasteiger partial charge on any atom is -0.370 e. The summed E-state index contributed by atoms with van der Waals surface area (Å²) in [7, 11) is 0. The maximum atomic E-state index is 4.80. The number of aromatic nitrogens is 2. The van der Waals surface area contributed by atoms with Crippen LogP contribution in [0.25, 0.3) is 0 Å². The molecule has 0 atom stereocenters. The molecule has 0 aliphatic carbocycles. The van der Waals surface area contributed by atoms with Gasteiger partial charge >= 0.3 is 0 Å². The summed E-state index contributed by atoms with van der Waals surface area (Å²) in [6.07, 6.45) is 6.17. The standard InChI is InChI=1S/C17H30N4/c1-5-8-14-9-11-21(12-10-14)17-13(4)16(18-7-3)19-15(6-2)20-17/h14H,5-12H2,1-4H3,(H,18,19,20). The van der Waals surface area contributed by atoms with Crippen molar-refractivity contribution in [3.8, 4) is 0 Å². The fraction of sp³-hybridized carbons (Fsp3) is 0.765. The molecule has 1 aromatic heterocycles. The maximum Gasteiger partial charge on any atom is 0.137 e. The van der Waals surface area contributed by atoms with Gasteiger partial charge in [0.2, 0.25) is 0 Å². The number of nitrogens with one attached hydrogen (secondary N) is 1. The predicted molar refractivity (Wildman–Crippen MR) is 90.2 cm³/mol. The first kappa shape index (κ1) is 16.1. The third-order valence-electron chi connectivity index (χ3n) is 4.44. The van der Waals surface area contributed by atoms with Crippen LogP contribution in [-0.2, 0) is 6.42 Å². The molecule has 2 rings (SSSR count). The summed E-state index contributed by atoms with van der Waals surface area (Å²) < 4.78 is 0. The van der Waals surface area contributed by atoms with Gasteiger partial charge in [-0.05, 0) is 32.6 Å². The van der Waals surface area contributed by atoms with Crippen LogP contribution in [0.2, 0.25) is 0 Å². The summed E-state index contributed by atoms with van der Waals surface area (Å²) in [5.41, 5.74) is 1.20. The number of anilines is 2. The smallest absolute Gasteiger partial charge is 0.137 e. The zero-order chi connectivity index (χ0) is 15.2. The highest BCUT2D eigenvalue weighted by atomic mass is 15.2. The quantitative estimate of drug-likeness (QED) is 0.865. The largest absolute Gasteiger partial charge is 0.370 e. The second-order valence-electron chi connectivity index (χ2n) is 6.04. The van der Waals surface area contributed by atoms with E-state index in [1.807, 2.05) is 0 Å². The maximum absolute atomic E-state index is 4.80. The molecule has 1 aliphatic heterocycles. The topological polar surface area (TPSA) is 41.1 Å². The van der Waals surface area contributed by atoms with Gasteiger partial charge in [0.05, 0.1) is 0 Å². The number of hydrogen-bond acceptors (Lipinski definition) is 4. The highest BCUT2D eigenvalue weighted by molar-refractivity contribution is 5.58. The summed E-state index contributed by atoms with van der Waals surface area (Å²) in [6, 6.07) is 0. The predicted octanol–water partition coefficient (Wildman–Crippen LogP) is 3.80. The molecular formula is C17H30N4. The molecule has 0 aromatic carbocycles. The van der Waals surface area contributed by atoms with Crippen LogP contribution in [0.1, 0.15) is 57.8 Å². The van der Waals surface area contributed by atoms with Crippen LogP contribution in [-0.4, -0.2) is 29.6 Å². The first-order chi connectivity index (χ1) is 10.2. The van der Waals surface area contributed by atoms with Crippen LogP contribution < -0.4 is 10.2 Å². The molecule has 2 heterocycles. The van der Waals surface area contributed by atoms with Gasteiger partial charge in [-0.3, -0.25) is 0 Å². The molecule has 0 saturated carbocycles. The third kappa shape index (κ3) is 3.86. The van der Waals surface area contributed by atoms with E-state index in [1.54, 1.807) is 0 Å². The van der Waals surface area contributed by atoms with E-state index >= 15 is 0 Å². The van der Waals surface area contributed by atoms with Crippen LogP contribution in [0.5, 0.6) is 0 Å². The zero-order valence-corrected chi connectivity index (χ0v) is 14.1. The van der Waals surface area contributed by atoms with Gasteiger partial charge in [0.25, 0.3) is 0 Å². The summed E-state index contributed by atoms with van der Waals surface area (Å²) in [6.45, 7) is 11.8. The van der Waals surface area contributed by atoms with E-state index in [1.165, 1.54) is 31.2 Å². The van der Waals surface area contributed by atoms with Crippen molar-refractivity contribution in [2.75, 3.05) is 29.9 Å². The Morgan fingerprint density at radius 1 is 1.14 bits per heavy atom. The third-order valence-corrected chi connectivity index (χ3v) is 4.44. The molecule has 1 fully saturated rings. The second-order valence-corrected chi connectivity index (χ2v) is 6.04. The van der Waals surface area contributed by atoms with Crippen molar-refractivity contribution in [1.29, 1.82) is 0 Å². The fourth-order valence-corrected chi connectivity index (χ4v) is 3.20. The van der Waals surface area contributed by atoms with Crippen molar-refractivity contribution < 1.29 is 0 Å². The van der Waals surface area contributed by atoms with Crippen molar-refractivity contribution in [2.24, 2.45) is 5.92 Å². The first-order valence-electron chi connectivity index (χ1n) is 8.55. The number of nitrogens with zero attached hydrogens (tertiary/aromatic N) is 3. The Hall–Kier alpha value is -1.32. The molecule has 1 saturated heterocycles. The monoisotopic (exact) mass is 290 g/mol. The lowest BCUT2D eigenvalue weighted by atomic mass is 9.92. The molecule has 21 heavy (non-hydrogen) atoms. The second kappa shape index (κ2) is 7.62. The molecular weight excluding hydrogens is 260 g/mol. The summed E-state index contributed by atoms with van der Waals surface area (Å²) in [4.78, 5) is 11.9. The normalized spacial score (nSPS) is 16.3. The van der Waals surface area contributed by atoms with Crippen molar-refractivity contribution in [3.63, 3.8) is 0 Å². The van der Waals surface area contributed by atoms with E-state index in [0.29, 0.717) is 0 Å². The minimum absolute atomic E-state index is 0.887. The Morgan fingerprint density at radius 2 is 1.86 bits per heavy atom. The molecule has 4 nitrogen and oxygen atoms in total. The highest BCUT2D eigenvalue weighted by Gasteiger charge is 2.22. The SMILES string of the molecule is CCCC1CCN(c2nc(CC)nc(NCC)c2C)CC1. The van der Waals surface area contributed by atoms with Crippen molar-refractivity contribution in [3.05, 3.63) is 11.4 Å². The lowest BCUT2D eigenvalue weighted by Crippen LogP contribution is -2.35. The van der Waals surface area contributed by atoms with Crippen LogP contribution in [0.15, 0.2) is 0 Å². The van der Waals surface area contributed by atoms with Gasteiger partial charge in [-0.25, -0.2) is 9.97 Å². The number of piperidine rings is 1. The van der Waals surface area contributed by atoms with Crippen LogP contribution in [0.4, 0.5) is 11.6 Å². The van der Waals surface area contributed by atoms with Crippen LogP contribution in [0, 0.1) is 12.8 Å². The van der Waals surface area contributed by atoms with Gasteiger partial charge < -0.3 is 10.2 Å². The van der Waals surface area contributed by atoms with Gasteiger partial charge in [-0.15, -0.1) is 0 Å². The highest BCUT2D eigenvalue weighted by Crippen LogP contribution is 2.29. The molecule has 0 spiro atoms. The van der Waals surface area contributed by atoms with Crippen molar-refractivity contribution in [1.82, 2.24) is 9.97 Å². The minimum atomic E-state index is 0.887. The molecule has 0 unspecified atom stereocenters. The van der Waals surface area contributed by atoms with Crippen LogP contribution in [0.3, 0.4) is 0 Å². The number of rotatable bonds is 6. The van der Waals surface area contributed by atoms with Gasteiger partial charge in [-0.2, -0.15) is 0 Å². The average Bonchev–Trinajstić information content (AvgIpc) is 2.51.